The van der Waals surface area contributed by atoms with Crippen molar-refractivity contribution in [3.8, 4) is 0 Å². The molecule has 0 spiro atoms. The SMILES string of the molecule is CC(=O)C1CC(C(C)C)C(O)CC1O. The number of Topliss-reactive ketones (excluding diaryl/α,β-unsaturated/α-hetero) is 1. The van der Waals surface area contributed by atoms with Gasteiger partial charge in [-0.2, -0.15) is 0 Å². The average molecular weight is 200 g/mol. The number of carbonyl (C=O) groups is 1. The summed E-state index contributed by atoms with van der Waals surface area (Å²) in [5.74, 6) is 0.271. The first-order valence-corrected chi connectivity index (χ1v) is 5.30. The number of aliphatic hydroxyl groups excluding tert-OH is 2. The van der Waals surface area contributed by atoms with Crippen LogP contribution in [0.25, 0.3) is 0 Å². The van der Waals surface area contributed by atoms with E-state index in [9.17, 15) is 15.0 Å². The molecule has 1 saturated carbocycles. The lowest BCUT2D eigenvalue weighted by atomic mass is 9.72. The smallest absolute Gasteiger partial charge is 0.135 e. The maximum atomic E-state index is 11.2. The van der Waals surface area contributed by atoms with Crippen LogP contribution in [0.3, 0.4) is 0 Å². The molecule has 3 heteroatoms. The van der Waals surface area contributed by atoms with E-state index in [0.29, 0.717) is 18.8 Å². The Balaban J connectivity index is 2.70. The second-order valence-electron chi connectivity index (χ2n) is 4.73. The Morgan fingerprint density at radius 1 is 1.21 bits per heavy atom. The van der Waals surface area contributed by atoms with Gasteiger partial charge in [0.1, 0.15) is 5.78 Å². The van der Waals surface area contributed by atoms with E-state index in [4.69, 9.17) is 0 Å². The molecule has 3 nitrogen and oxygen atoms in total. The van der Waals surface area contributed by atoms with E-state index in [1.165, 1.54) is 6.92 Å². The van der Waals surface area contributed by atoms with Gasteiger partial charge in [0.2, 0.25) is 0 Å². The van der Waals surface area contributed by atoms with E-state index in [1.807, 2.05) is 13.8 Å². The van der Waals surface area contributed by atoms with Gasteiger partial charge in [-0.15, -0.1) is 0 Å². The second kappa shape index (κ2) is 4.41. The third kappa shape index (κ3) is 2.34. The van der Waals surface area contributed by atoms with Crippen molar-refractivity contribution in [3.63, 3.8) is 0 Å². The molecule has 4 unspecified atom stereocenters. The van der Waals surface area contributed by atoms with Gasteiger partial charge in [-0.25, -0.2) is 0 Å². The van der Waals surface area contributed by atoms with Crippen LogP contribution in [0, 0.1) is 17.8 Å². The third-order valence-corrected chi connectivity index (χ3v) is 3.35. The van der Waals surface area contributed by atoms with E-state index in [-0.39, 0.29) is 17.6 Å². The molecule has 14 heavy (non-hydrogen) atoms. The molecule has 0 heterocycles. The van der Waals surface area contributed by atoms with Crippen molar-refractivity contribution in [2.45, 2.75) is 45.8 Å². The predicted octanol–water partition coefficient (Wildman–Crippen LogP) is 0.979. The highest BCUT2D eigenvalue weighted by Crippen LogP contribution is 2.34. The van der Waals surface area contributed by atoms with Gasteiger partial charge in [0.15, 0.2) is 0 Å². The van der Waals surface area contributed by atoms with Crippen molar-refractivity contribution in [1.29, 1.82) is 0 Å². The minimum Gasteiger partial charge on any atom is -0.393 e. The zero-order valence-electron chi connectivity index (χ0n) is 9.10. The first-order valence-electron chi connectivity index (χ1n) is 5.30. The van der Waals surface area contributed by atoms with Gasteiger partial charge in [0.05, 0.1) is 12.2 Å². The summed E-state index contributed by atoms with van der Waals surface area (Å²) in [5, 5.41) is 19.4. The van der Waals surface area contributed by atoms with Crippen LogP contribution in [0.5, 0.6) is 0 Å². The van der Waals surface area contributed by atoms with Gasteiger partial charge in [0.25, 0.3) is 0 Å². The van der Waals surface area contributed by atoms with E-state index in [2.05, 4.69) is 0 Å². The average Bonchev–Trinajstić information content (AvgIpc) is 2.02. The van der Waals surface area contributed by atoms with Crippen molar-refractivity contribution < 1.29 is 15.0 Å². The Morgan fingerprint density at radius 3 is 2.21 bits per heavy atom. The number of hydrogen-bond donors (Lipinski definition) is 2. The molecule has 1 aliphatic carbocycles. The molecule has 0 aromatic rings. The van der Waals surface area contributed by atoms with E-state index >= 15 is 0 Å². The lowest BCUT2D eigenvalue weighted by Crippen LogP contribution is -2.43. The van der Waals surface area contributed by atoms with E-state index in [1.54, 1.807) is 0 Å². The summed E-state index contributed by atoms with van der Waals surface area (Å²) in [5.41, 5.74) is 0. The molecule has 1 rings (SSSR count). The zero-order valence-corrected chi connectivity index (χ0v) is 9.10. The van der Waals surface area contributed by atoms with Gasteiger partial charge < -0.3 is 10.2 Å². The molecule has 0 aromatic carbocycles. The van der Waals surface area contributed by atoms with Crippen LogP contribution in [-0.2, 0) is 4.79 Å². The van der Waals surface area contributed by atoms with Crippen LogP contribution in [0.15, 0.2) is 0 Å². The molecule has 1 fully saturated rings. The largest absolute Gasteiger partial charge is 0.393 e. The molecular weight excluding hydrogens is 180 g/mol. The Morgan fingerprint density at radius 2 is 1.79 bits per heavy atom. The molecule has 1 aliphatic rings. The van der Waals surface area contributed by atoms with Crippen LogP contribution in [0.1, 0.15) is 33.6 Å². The van der Waals surface area contributed by atoms with Crippen LogP contribution in [0.2, 0.25) is 0 Å². The van der Waals surface area contributed by atoms with Crippen molar-refractivity contribution in [1.82, 2.24) is 0 Å². The summed E-state index contributed by atoms with van der Waals surface area (Å²) in [6, 6.07) is 0. The molecule has 0 aromatic heterocycles. The maximum absolute atomic E-state index is 11.2. The fraction of sp³-hybridized carbons (Fsp3) is 0.909. The van der Waals surface area contributed by atoms with Crippen LogP contribution in [-0.4, -0.2) is 28.2 Å². The first kappa shape index (κ1) is 11.7. The summed E-state index contributed by atoms with van der Waals surface area (Å²) in [6.07, 6.45) is -0.152. The normalized spacial score (nSPS) is 38.7. The monoisotopic (exact) mass is 200 g/mol. The Kier molecular flexibility index (Phi) is 3.67. The van der Waals surface area contributed by atoms with Crippen molar-refractivity contribution in [3.05, 3.63) is 0 Å². The maximum Gasteiger partial charge on any atom is 0.135 e. The van der Waals surface area contributed by atoms with Crippen molar-refractivity contribution in [2.75, 3.05) is 0 Å². The van der Waals surface area contributed by atoms with Crippen molar-refractivity contribution >= 4 is 5.78 Å². The van der Waals surface area contributed by atoms with Crippen molar-refractivity contribution in [2.24, 2.45) is 17.8 Å². The summed E-state index contributed by atoms with van der Waals surface area (Å²) in [6.45, 7) is 5.61. The van der Waals surface area contributed by atoms with E-state index < -0.39 is 12.2 Å². The van der Waals surface area contributed by atoms with E-state index in [0.717, 1.165) is 0 Å². The zero-order chi connectivity index (χ0) is 10.9. The van der Waals surface area contributed by atoms with Gasteiger partial charge in [0, 0.05) is 12.3 Å². The molecule has 0 aliphatic heterocycles. The minimum absolute atomic E-state index is 0.0371. The van der Waals surface area contributed by atoms with Crippen LogP contribution < -0.4 is 0 Å². The Hall–Kier alpha value is -0.410. The van der Waals surface area contributed by atoms with Gasteiger partial charge >= 0.3 is 0 Å². The molecule has 4 atom stereocenters. The number of hydrogen-bond acceptors (Lipinski definition) is 3. The summed E-state index contributed by atoms with van der Waals surface area (Å²) in [7, 11) is 0. The highest BCUT2D eigenvalue weighted by molar-refractivity contribution is 5.79. The van der Waals surface area contributed by atoms with Crippen LogP contribution >= 0.6 is 0 Å². The quantitative estimate of drug-likeness (QED) is 0.698. The number of ketones is 1. The van der Waals surface area contributed by atoms with Crippen LogP contribution in [0.4, 0.5) is 0 Å². The molecular formula is C11H20O3. The van der Waals surface area contributed by atoms with Gasteiger partial charge in [-0.3, -0.25) is 4.79 Å². The molecule has 0 radical (unpaired) electrons. The molecule has 0 amide bonds. The number of carbonyl (C=O) groups excluding carboxylic acids is 1. The lowest BCUT2D eigenvalue weighted by molar-refractivity contribution is -0.130. The summed E-state index contributed by atoms with van der Waals surface area (Å²) in [4.78, 5) is 11.2. The molecule has 82 valence electrons. The van der Waals surface area contributed by atoms with Gasteiger partial charge in [-0.05, 0) is 25.2 Å². The Bertz CT molecular complexity index is 213. The number of rotatable bonds is 2. The summed E-state index contributed by atoms with van der Waals surface area (Å²) < 4.78 is 0. The third-order valence-electron chi connectivity index (χ3n) is 3.35. The highest BCUT2D eigenvalue weighted by Gasteiger charge is 2.38. The molecule has 0 saturated heterocycles. The standard InChI is InChI=1S/C11H20O3/c1-6(2)8-4-9(7(3)12)11(14)5-10(8)13/h6,8-11,13-14H,4-5H2,1-3H3. The van der Waals surface area contributed by atoms with Gasteiger partial charge in [-0.1, -0.05) is 13.8 Å². The second-order valence-corrected chi connectivity index (χ2v) is 4.73. The fourth-order valence-corrected chi connectivity index (χ4v) is 2.35. The predicted molar refractivity (Wildman–Crippen MR) is 53.7 cm³/mol. The number of aliphatic hydroxyl groups is 2. The summed E-state index contributed by atoms with van der Waals surface area (Å²) >= 11 is 0. The first-order chi connectivity index (χ1) is 6.43. The minimum atomic E-state index is -0.655. The Labute approximate surface area is 85.1 Å². The molecule has 0 bridgehead atoms. The molecule has 2 N–H and O–H groups in total. The topological polar surface area (TPSA) is 57.5 Å². The lowest BCUT2D eigenvalue weighted by Gasteiger charge is -2.37. The highest BCUT2D eigenvalue weighted by atomic mass is 16.3. The fourth-order valence-electron chi connectivity index (χ4n) is 2.35.